The molecule has 2 rings (SSSR count). The van der Waals surface area contributed by atoms with Crippen LogP contribution in [0.4, 0.5) is 4.39 Å². The van der Waals surface area contributed by atoms with Crippen molar-refractivity contribution in [2.75, 3.05) is 7.05 Å². The van der Waals surface area contributed by atoms with Gasteiger partial charge in [0.05, 0.1) is 0 Å². The Balaban J connectivity index is 1.96. The first kappa shape index (κ1) is 13.1. The van der Waals surface area contributed by atoms with Crippen molar-refractivity contribution >= 4 is 5.91 Å². The molecule has 1 N–H and O–H groups in total. The Labute approximate surface area is 111 Å². The first-order valence-corrected chi connectivity index (χ1v) is 5.88. The largest absolute Gasteiger partial charge is 0.489 e. The van der Waals surface area contributed by atoms with Crippen LogP contribution < -0.4 is 10.1 Å². The molecule has 0 bridgehead atoms. The van der Waals surface area contributed by atoms with Gasteiger partial charge in [-0.2, -0.15) is 0 Å². The van der Waals surface area contributed by atoms with E-state index in [-0.39, 0.29) is 11.7 Å². The average Bonchev–Trinajstić information content (AvgIpc) is 2.46. The lowest BCUT2D eigenvalue weighted by Crippen LogP contribution is -2.17. The van der Waals surface area contributed by atoms with Gasteiger partial charge in [0.2, 0.25) is 0 Å². The summed E-state index contributed by atoms with van der Waals surface area (Å²) >= 11 is 0. The molecule has 0 atom stereocenters. The predicted octanol–water partition coefficient (Wildman–Crippen LogP) is 2.76. The minimum Gasteiger partial charge on any atom is -0.489 e. The topological polar surface area (TPSA) is 38.3 Å². The van der Waals surface area contributed by atoms with Gasteiger partial charge in [0.25, 0.3) is 5.91 Å². The second-order valence-corrected chi connectivity index (χ2v) is 4.02. The van der Waals surface area contributed by atoms with E-state index in [0.717, 1.165) is 5.56 Å². The maximum absolute atomic E-state index is 12.7. The Hall–Kier alpha value is -2.36. The second-order valence-electron chi connectivity index (χ2n) is 4.02. The third-order valence-corrected chi connectivity index (χ3v) is 2.66. The van der Waals surface area contributed by atoms with Crippen LogP contribution in [0.3, 0.4) is 0 Å². The number of carbonyl (C=O) groups excluding carboxylic acids is 1. The lowest BCUT2D eigenvalue weighted by molar-refractivity contribution is 0.0963. The van der Waals surface area contributed by atoms with Crippen molar-refractivity contribution in [3.8, 4) is 5.75 Å². The highest BCUT2D eigenvalue weighted by Gasteiger charge is 2.02. The molecule has 98 valence electrons. The molecule has 2 aromatic carbocycles. The summed E-state index contributed by atoms with van der Waals surface area (Å²) in [7, 11) is 1.58. The summed E-state index contributed by atoms with van der Waals surface area (Å²) in [6, 6.07) is 13.0. The van der Waals surface area contributed by atoms with Crippen molar-refractivity contribution in [3.05, 3.63) is 65.5 Å². The standard InChI is InChI=1S/C15H14FNO2/c1-17-15(18)12-4-8-14(9-5-12)19-10-11-2-6-13(16)7-3-11/h2-9H,10H2,1H3,(H,17,18). The zero-order valence-electron chi connectivity index (χ0n) is 10.5. The zero-order valence-corrected chi connectivity index (χ0v) is 10.5. The van der Waals surface area contributed by atoms with Crippen LogP contribution >= 0.6 is 0 Å². The van der Waals surface area contributed by atoms with E-state index in [2.05, 4.69) is 5.32 Å². The van der Waals surface area contributed by atoms with Gasteiger partial charge in [-0.25, -0.2) is 4.39 Å². The highest BCUT2D eigenvalue weighted by molar-refractivity contribution is 5.94. The molecule has 19 heavy (non-hydrogen) atoms. The van der Waals surface area contributed by atoms with Crippen molar-refractivity contribution in [2.24, 2.45) is 0 Å². The molecule has 0 aliphatic heterocycles. The zero-order chi connectivity index (χ0) is 13.7. The van der Waals surface area contributed by atoms with Crippen LogP contribution in [-0.4, -0.2) is 13.0 Å². The number of hydrogen-bond acceptors (Lipinski definition) is 2. The molecule has 0 radical (unpaired) electrons. The van der Waals surface area contributed by atoms with E-state index in [0.29, 0.717) is 17.9 Å². The van der Waals surface area contributed by atoms with Crippen LogP contribution in [0.1, 0.15) is 15.9 Å². The third kappa shape index (κ3) is 3.55. The van der Waals surface area contributed by atoms with Crippen molar-refractivity contribution in [1.82, 2.24) is 5.32 Å². The Morgan fingerprint density at radius 2 is 1.74 bits per heavy atom. The maximum Gasteiger partial charge on any atom is 0.251 e. The Kier molecular flexibility index (Phi) is 4.13. The number of rotatable bonds is 4. The van der Waals surface area contributed by atoms with Crippen molar-refractivity contribution in [3.63, 3.8) is 0 Å². The van der Waals surface area contributed by atoms with Gasteiger partial charge in [-0.3, -0.25) is 4.79 Å². The summed E-state index contributed by atoms with van der Waals surface area (Å²) < 4.78 is 18.3. The molecule has 0 aliphatic rings. The van der Waals surface area contributed by atoms with Gasteiger partial charge in [-0.1, -0.05) is 12.1 Å². The number of nitrogens with one attached hydrogen (secondary N) is 1. The van der Waals surface area contributed by atoms with Gasteiger partial charge < -0.3 is 10.1 Å². The fourth-order valence-electron chi connectivity index (χ4n) is 1.59. The first-order chi connectivity index (χ1) is 9.19. The van der Waals surface area contributed by atoms with Crippen LogP contribution in [0.5, 0.6) is 5.75 Å². The Morgan fingerprint density at radius 1 is 1.11 bits per heavy atom. The molecule has 0 spiro atoms. The molecule has 3 nitrogen and oxygen atoms in total. The molecule has 0 aromatic heterocycles. The molecule has 0 unspecified atom stereocenters. The van der Waals surface area contributed by atoms with Gasteiger partial charge in [0, 0.05) is 12.6 Å². The molecule has 0 saturated heterocycles. The second kappa shape index (κ2) is 6.00. The molecule has 0 saturated carbocycles. The predicted molar refractivity (Wildman–Crippen MR) is 70.6 cm³/mol. The maximum atomic E-state index is 12.7. The summed E-state index contributed by atoms with van der Waals surface area (Å²) in [6.45, 7) is 0.361. The normalized spacial score (nSPS) is 10.0. The minimum absolute atomic E-state index is 0.134. The van der Waals surface area contributed by atoms with Crippen LogP contribution in [0.25, 0.3) is 0 Å². The van der Waals surface area contributed by atoms with E-state index in [1.54, 1.807) is 43.4 Å². The number of halogens is 1. The highest BCUT2D eigenvalue weighted by Crippen LogP contribution is 2.14. The van der Waals surface area contributed by atoms with Crippen LogP contribution in [0.15, 0.2) is 48.5 Å². The fourth-order valence-corrected chi connectivity index (χ4v) is 1.59. The molecule has 1 amide bonds. The highest BCUT2D eigenvalue weighted by atomic mass is 19.1. The van der Waals surface area contributed by atoms with Crippen LogP contribution in [0.2, 0.25) is 0 Å². The lowest BCUT2D eigenvalue weighted by atomic mass is 10.2. The average molecular weight is 259 g/mol. The number of ether oxygens (including phenoxy) is 1. The van der Waals surface area contributed by atoms with E-state index in [4.69, 9.17) is 4.74 Å². The summed E-state index contributed by atoms with van der Waals surface area (Å²) in [5.41, 5.74) is 1.47. The van der Waals surface area contributed by atoms with E-state index < -0.39 is 0 Å². The number of carbonyl (C=O) groups is 1. The third-order valence-electron chi connectivity index (χ3n) is 2.66. The van der Waals surface area contributed by atoms with E-state index in [9.17, 15) is 9.18 Å². The van der Waals surface area contributed by atoms with Gasteiger partial charge in [0.15, 0.2) is 0 Å². The number of hydrogen-bond donors (Lipinski definition) is 1. The lowest BCUT2D eigenvalue weighted by Gasteiger charge is -2.07. The molecule has 0 fully saturated rings. The van der Waals surface area contributed by atoms with Crippen molar-refractivity contribution in [1.29, 1.82) is 0 Å². The van der Waals surface area contributed by atoms with Crippen molar-refractivity contribution in [2.45, 2.75) is 6.61 Å². The first-order valence-electron chi connectivity index (χ1n) is 5.88. The van der Waals surface area contributed by atoms with E-state index in [1.165, 1.54) is 12.1 Å². The summed E-state index contributed by atoms with van der Waals surface area (Å²) in [6.07, 6.45) is 0. The van der Waals surface area contributed by atoms with Gasteiger partial charge in [0.1, 0.15) is 18.2 Å². The summed E-state index contributed by atoms with van der Waals surface area (Å²) in [5.74, 6) is 0.265. The van der Waals surface area contributed by atoms with Crippen LogP contribution in [0, 0.1) is 5.82 Å². The van der Waals surface area contributed by atoms with Gasteiger partial charge >= 0.3 is 0 Å². The van der Waals surface area contributed by atoms with Crippen LogP contribution in [-0.2, 0) is 6.61 Å². The van der Waals surface area contributed by atoms with Crippen molar-refractivity contribution < 1.29 is 13.9 Å². The fraction of sp³-hybridized carbons (Fsp3) is 0.133. The summed E-state index contributed by atoms with van der Waals surface area (Å²) in [5, 5.41) is 2.55. The number of benzene rings is 2. The van der Waals surface area contributed by atoms with Gasteiger partial charge in [-0.15, -0.1) is 0 Å². The Morgan fingerprint density at radius 3 is 2.32 bits per heavy atom. The summed E-state index contributed by atoms with van der Waals surface area (Å²) in [4.78, 5) is 11.3. The smallest absolute Gasteiger partial charge is 0.251 e. The SMILES string of the molecule is CNC(=O)c1ccc(OCc2ccc(F)cc2)cc1. The quantitative estimate of drug-likeness (QED) is 0.916. The van der Waals surface area contributed by atoms with E-state index >= 15 is 0 Å². The molecule has 0 heterocycles. The molecule has 2 aromatic rings. The monoisotopic (exact) mass is 259 g/mol. The molecular weight excluding hydrogens is 245 g/mol. The minimum atomic E-state index is -0.265. The van der Waals surface area contributed by atoms with E-state index in [1.807, 2.05) is 0 Å². The Bertz CT molecular complexity index is 549. The molecule has 4 heteroatoms. The number of amides is 1. The molecule has 0 aliphatic carbocycles. The van der Waals surface area contributed by atoms with Gasteiger partial charge in [-0.05, 0) is 42.0 Å². The molecular formula is C15H14FNO2.